The first-order valence-electron chi connectivity index (χ1n) is 10.6. The quantitative estimate of drug-likeness (QED) is 0.709. The zero-order valence-electron chi connectivity index (χ0n) is 18.2. The summed E-state index contributed by atoms with van der Waals surface area (Å²) in [6.07, 6.45) is 3.89. The fourth-order valence-electron chi connectivity index (χ4n) is 6.66. The van der Waals surface area contributed by atoms with Crippen LogP contribution in [0.5, 0.6) is 5.75 Å². The molecule has 2 saturated carbocycles. The minimum atomic E-state index is -3.63. The van der Waals surface area contributed by atoms with Crippen molar-refractivity contribution in [3.8, 4) is 5.75 Å². The Labute approximate surface area is 175 Å². The van der Waals surface area contributed by atoms with Gasteiger partial charge in [-0.05, 0) is 78.5 Å². The first-order valence-corrected chi connectivity index (χ1v) is 12.3. The maximum atomic E-state index is 13.8. The van der Waals surface area contributed by atoms with E-state index < -0.39 is 10.0 Å². The van der Waals surface area contributed by atoms with Gasteiger partial charge in [0.25, 0.3) is 0 Å². The van der Waals surface area contributed by atoms with Gasteiger partial charge in [0.2, 0.25) is 10.0 Å². The average molecular weight is 422 g/mol. The number of aromatic hydroxyl groups is 1. The highest BCUT2D eigenvalue weighted by atomic mass is 32.2. The highest BCUT2D eigenvalue weighted by molar-refractivity contribution is 7.89. The summed E-state index contributed by atoms with van der Waals surface area (Å²) in [5, 5.41) is 15.5. The Hall–Kier alpha value is -1.40. The lowest BCUT2D eigenvalue weighted by atomic mass is 9.44. The predicted octanol–water partition coefficient (Wildman–Crippen LogP) is 4.28. The fraction of sp³-hybridized carbons (Fsp3) is 0.696. The Morgan fingerprint density at radius 3 is 2.45 bits per heavy atom. The highest BCUT2D eigenvalue weighted by Crippen LogP contribution is 2.63. The minimum absolute atomic E-state index is 0.0146. The van der Waals surface area contributed by atoms with E-state index in [4.69, 9.17) is 5.14 Å². The molecule has 2 aliphatic carbocycles. The summed E-state index contributed by atoms with van der Waals surface area (Å²) in [5.41, 5.74) is 1.19. The second-order valence-electron chi connectivity index (χ2n) is 10.5. The van der Waals surface area contributed by atoms with Crippen LogP contribution in [0.3, 0.4) is 0 Å². The molecule has 5 atom stereocenters. The van der Waals surface area contributed by atoms with Gasteiger partial charge in [-0.1, -0.05) is 34.1 Å². The van der Waals surface area contributed by atoms with E-state index in [1.807, 2.05) is 19.9 Å². The Morgan fingerprint density at radius 2 is 1.86 bits per heavy atom. The number of phenols is 1. The number of primary sulfonamides is 1. The average Bonchev–Trinajstić information content (AvgIpc) is 2.54. The Balaban J connectivity index is 2.10. The molecule has 0 aliphatic heterocycles. The van der Waals surface area contributed by atoms with Crippen molar-refractivity contribution in [1.82, 2.24) is 0 Å². The molecule has 0 heterocycles. The van der Waals surface area contributed by atoms with Gasteiger partial charge in [-0.15, -0.1) is 0 Å². The topological polar surface area (TPSA) is 97.5 Å². The van der Waals surface area contributed by atoms with Crippen LogP contribution in [0.25, 0.3) is 0 Å². The number of aryl methyl sites for hydroxylation is 1. The summed E-state index contributed by atoms with van der Waals surface area (Å²) < 4.78 is 23.9. The monoisotopic (exact) mass is 421 g/mol. The third kappa shape index (κ3) is 4.24. The molecule has 1 aromatic carbocycles. The van der Waals surface area contributed by atoms with Crippen molar-refractivity contribution in [1.29, 1.82) is 0 Å². The summed E-state index contributed by atoms with van der Waals surface area (Å²) in [7, 11) is -3.63. The molecule has 0 spiro atoms. The molecule has 3 rings (SSSR count). The Morgan fingerprint density at radius 1 is 1.21 bits per heavy atom. The Bertz CT molecular complexity index is 887. The van der Waals surface area contributed by atoms with Crippen molar-refractivity contribution in [3.63, 3.8) is 0 Å². The van der Waals surface area contributed by atoms with Gasteiger partial charge >= 0.3 is 0 Å². The van der Waals surface area contributed by atoms with Gasteiger partial charge in [0.1, 0.15) is 5.75 Å². The summed E-state index contributed by atoms with van der Waals surface area (Å²) in [6.45, 7) is 10.6. The normalized spacial score (nSPS) is 34.4. The molecule has 1 aromatic rings. The van der Waals surface area contributed by atoms with Crippen molar-refractivity contribution < 1.29 is 18.3 Å². The number of carbonyl (C=O) groups excluding carboxylic acids is 1. The van der Waals surface area contributed by atoms with Crippen molar-refractivity contribution in [3.05, 3.63) is 29.3 Å². The number of nitrogens with two attached hydrogens (primary N) is 1. The summed E-state index contributed by atoms with van der Waals surface area (Å²) >= 11 is 0. The van der Waals surface area contributed by atoms with Crippen LogP contribution < -0.4 is 5.14 Å². The van der Waals surface area contributed by atoms with Crippen LogP contribution in [0.15, 0.2) is 18.2 Å². The standard InChI is InChI=1S/C23H35NO4S/c1-14-9-16(11-18(25)10-14)21(26)20-15(2)17(13-29(24,27)28)12-19-22(3,4)7-6-8-23(19,20)5/h9-11,15,17,19-20,25H,6-8,12-13H2,1-5H3,(H2,24,27,28)/t15-,17+,19+,20-,23+/m1/s1. The van der Waals surface area contributed by atoms with Crippen LogP contribution in [0.4, 0.5) is 0 Å². The second kappa shape index (κ2) is 7.38. The zero-order valence-corrected chi connectivity index (χ0v) is 19.1. The maximum Gasteiger partial charge on any atom is 0.209 e. The van der Waals surface area contributed by atoms with Gasteiger partial charge in [0, 0.05) is 11.5 Å². The predicted molar refractivity (Wildman–Crippen MR) is 115 cm³/mol. The van der Waals surface area contributed by atoms with E-state index in [1.54, 1.807) is 6.07 Å². The van der Waals surface area contributed by atoms with Crippen LogP contribution in [-0.4, -0.2) is 25.1 Å². The van der Waals surface area contributed by atoms with Gasteiger partial charge in [-0.3, -0.25) is 4.79 Å². The van der Waals surface area contributed by atoms with Crippen molar-refractivity contribution in [2.45, 2.75) is 60.3 Å². The molecule has 5 nitrogen and oxygen atoms in total. The molecular formula is C23H35NO4S. The molecule has 0 amide bonds. The van der Waals surface area contributed by atoms with Crippen molar-refractivity contribution in [2.24, 2.45) is 39.6 Å². The number of benzene rings is 1. The smallest absolute Gasteiger partial charge is 0.209 e. The van der Waals surface area contributed by atoms with Gasteiger partial charge in [0.05, 0.1) is 5.75 Å². The van der Waals surface area contributed by atoms with Crippen LogP contribution in [0.2, 0.25) is 0 Å². The summed E-state index contributed by atoms with van der Waals surface area (Å²) in [5.74, 6) is -0.275. The molecule has 0 bridgehead atoms. The lowest BCUT2D eigenvalue weighted by Gasteiger charge is -2.60. The van der Waals surface area contributed by atoms with E-state index >= 15 is 0 Å². The third-order valence-electron chi connectivity index (χ3n) is 7.87. The number of Topliss-reactive ketones (excluding diaryl/α,β-unsaturated/α-hetero) is 1. The number of sulfonamides is 1. The number of hydrogen-bond acceptors (Lipinski definition) is 4. The molecule has 29 heavy (non-hydrogen) atoms. The molecule has 6 heteroatoms. The fourth-order valence-corrected chi connectivity index (χ4v) is 7.69. The number of phenolic OH excluding ortho intramolecular Hbond substituents is 1. The first kappa shape index (κ1) is 22.3. The van der Waals surface area contributed by atoms with E-state index in [2.05, 4.69) is 20.8 Å². The largest absolute Gasteiger partial charge is 0.508 e. The number of hydrogen-bond donors (Lipinski definition) is 2. The zero-order chi connectivity index (χ0) is 21.8. The van der Waals surface area contributed by atoms with E-state index in [0.717, 1.165) is 31.2 Å². The van der Waals surface area contributed by atoms with Gasteiger partial charge in [-0.25, -0.2) is 13.6 Å². The van der Waals surface area contributed by atoms with Crippen LogP contribution >= 0.6 is 0 Å². The van der Waals surface area contributed by atoms with Crippen molar-refractivity contribution in [2.75, 3.05) is 5.75 Å². The van der Waals surface area contributed by atoms with Crippen molar-refractivity contribution >= 4 is 15.8 Å². The molecule has 162 valence electrons. The van der Waals surface area contributed by atoms with E-state index in [1.165, 1.54) is 6.07 Å². The molecule has 2 aliphatic rings. The lowest BCUT2D eigenvalue weighted by Crippen LogP contribution is -2.57. The van der Waals surface area contributed by atoms with Gasteiger partial charge in [0.15, 0.2) is 5.78 Å². The molecule has 3 N–H and O–H groups in total. The van der Waals surface area contributed by atoms with Crippen LogP contribution in [0.1, 0.15) is 69.3 Å². The molecular weight excluding hydrogens is 386 g/mol. The summed E-state index contributed by atoms with van der Waals surface area (Å²) in [4.78, 5) is 13.8. The van der Waals surface area contributed by atoms with Crippen LogP contribution in [-0.2, 0) is 10.0 Å². The number of fused-ring (bicyclic) bond motifs is 1. The molecule has 2 fully saturated rings. The molecule has 0 radical (unpaired) electrons. The maximum absolute atomic E-state index is 13.8. The van der Waals surface area contributed by atoms with E-state index in [0.29, 0.717) is 5.56 Å². The first-order chi connectivity index (χ1) is 13.2. The Kier molecular flexibility index (Phi) is 5.67. The van der Waals surface area contributed by atoms with Crippen LogP contribution in [0, 0.1) is 41.4 Å². The number of rotatable bonds is 4. The SMILES string of the molecule is Cc1cc(O)cc(C(=O)[C@H]2[C@H](C)[C@H](CS(N)(=O)=O)C[C@H]3C(C)(C)CCC[C@]23C)c1. The molecule has 0 saturated heterocycles. The number of ketones is 1. The minimum Gasteiger partial charge on any atom is -0.508 e. The highest BCUT2D eigenvalue weighted by Gasteiger charge is 2.58. The van der Waals surface area contributed by atoms with E-state index in [9.17, 15) is 18.3 Å². The second-order valence-corrected chi connectivity index (χ2v) is 12.1. The van der Waals surface area contributed by atoms with Gasteiger partial charge < -0.3 is 5.11 Å². The molecule has 0 aromatic heterocycles. The van der Waals surface area contributed by atoms with Gasteiger partial charge in [-0.2, -0.15) is 0 Å². The van der Waals surface area contributed by atoms with E-state index in [-0.39, 0.29) is 51.8 Å². The third-order valence-corrected chi connectivity index (χ3v) is 8.76. The lowest BCUT2D eigenvalue weighted by molar-refractivity contribution is -0.0977. The molecule has 0 unspecified atom stereocenters. The summed E-state index contributed by atoms with van der Waals surface area (Å²) in [6, 6.07) is 5.00. The number of carbonyl (C=O) groups is 1.